The van der Waals surface area contributed by atoms with Crippen LogP contribution in [0.3, 0.4) is 0 Å². The standard InChI is InChI=1S/C14H21NO3/c1-16-12-4-3-11(9-13(12)17-2)14(15)10-5-7-18-8-6-10/h3-4,9-10,14H,5-8,15H2,1-2H3. The molecule has 1 fully saturated rings. The molecular formula is C14H21NO3. The van der Waals surface area contributed by atoms with Gasteiger partial charge < -0.3 is 19.9 Å². The molecule has 1 aromatic rings. The normalized spacial score (nSPS) is 18.4. The van der Waals surface area contributed by atoms with Crippen LogP contribution in [0.1, 0.15) is 24.4 Å². The summed E-state index contributed by atoms with van der Waals surface area (Å²) in [6.07, 6.45) is 2.05. The highest BCUT2D eigenvalue weighted by Gasteiger charge is 2.23. The first-order valence-electron chi connectivity index (χ1n) is 6.31. The second-order valence-corrected chi connectivity index (χ2v) is 4.59. The summed E-state index contributed by atoms with van der Waals surface area (Å²) in [6, 6.07) is 5.93. The second kappa shape index (κ2) is 6.07. The summed E-state index contributed by atoms with van der Waals surface area (Å²) in [6.45, 7) is 1.62. The van der Waals surface area contributed by atoms with Gasteiger partial charge in [0.2, 0.25) is 0 Å². The smallest absolute Gasteiger partial charge is 0.161 e. The van der Waals surface area contributed by atoms with Crippen molar-refractivity contribution in [3.05, 3.63) is 23.8 Å². The monoisotopic (exact) mass is 251 g/mol. The van der Waals surface area contributed by atoms with Crippen molar-refractivity contribution in [1.82, 2.24) is 0 Å². The van der Waals surface area contributed by atoms with E-state index < -0.39 is 0 Å². The van der Waals surface area contributed by atoms with Crippen molar-refractivity contribution < 1.29 is 14.2 Å². The summed E-state index contributed by atoms with van der Waals surface area (Å²) < 4.78 is 15.9. The van der Waals surface area contributed by atoms with Crippen LogP contribution in [-0.4, -0.2) is 27.4 Å². The molecule has 1 unspecified atom stereocenters. The molecule has 0 aromatic heterocycles. The Bertz CT molecular complexity index is 389. The van der Waals surface area contributed by atoms with E-state index in [9.17, 15) is 0 Å². The van der Waals surface area contributed by atoms with E-state index in [4.69, 9.17) is 19.9 Å². The average molecular weight is 251 g/mol. The fourth-order valence-corrected chi connectivity index (χ4v) is 2.41. The van der Waals surface area contributed by atoms with Gasteiger partial charge in [0.15, 0.2) is 11.5 Å². The molecule has 0 saturated carbocycles. The first kappa shape index (κ1) is 13.2. The molecule has 1 aliphatic heterocycles. The number of nitrogens with two attached hydrogens (primary N) is 1. The molecule has 0 radical (unpaired) electrons. The SMILES string of the molecule is COc1ccc(C(N)C2CCOCC2)cc1OC. The van der Waals surface area contributed by atoms with Crippen LogP contribution in [0.4, 0.5) is 0 Å². The molecular weight excluding hydrogens is 230 g/mol. The van der Waals surface area contributed by atoms with Crippen LogP contribution in [0.15, 0.2) is 18.2 Å². The quantitative estimate of drug-likeness (QED) is 0.890. The van der Waals surface area contributed by atoms with Crippen molar-refractivity contribution in [2.45, 2.75) is 18.9 Å². The lowest BCUT2D eigenvalue weighted by Crippen LogP contribution is -2.27. The topological polar surface area (TPSA) is 53.7 Å². The second-order valence-electron chi connectivity index (χ2n) is 4.59. The largest absolute Gasteiger partial charge is 0.493 e. The lowest BCUT2D eigenvalue weighted by molar-refractivity contribution is 0.0583. The minimum Gasteiger partial charge on any atom is -0.493 e. The zero-order valence-corrected chi connectivity index (χ0v) is 11.0. The van der Waals surface area contributed by atoms with Gasteiger partial charge in [0.05, 0.1) is 14.2 Å². The fourth-order valence-electron chi connectivity index (χ4n) is 2.41. The number of rotatable bonds is 4. The summed E-state index contributed by atoms with van der Waals surface area (Å²) in [5, 5.41) is 0. The van der Waals surface area contributed by atoms with Crippen LogP contribution in [-0.2, 0) is 4.74 Å². The number of hydrogen-bond donors (Lipinski definition) is 1. The highest BCUT2D eigenvalue weighted by atomic mass is 16.5. The van der Waals surface area contributed by atoms with E-state index in [1.807, 2.05) is 18.2 Å². The van der Waals surface area contributed by atoms with Gasteiger partial charge in [-0.05, 0) is 36.5 Å². The summed E-state index contributed by atoms with van der Waals surface area (Å²) in [4.78, 5) is 0. The van der Waals surface area contributed by atoms with Gasteiger partial charge in [-0.15, -0.1) is 0 Å². The van der Waals surface area contributed by atoms with E-state index in [0.717, 1.165) is 43.1 Å². The van der Waals surface area contributed by atoms with Crippen LogP contribution in [0.25, 0.3) is 0 Å². The molecule has 1 heterocycles. The predicted molar refractivity (Wildman–Crippen MR) is 70.0 cm³/mol. The Hall–Kier alpha value is -1.26. The Labute approximate surface area is 108 Å². The summed E-state index contributed by atoms with van der Waals surface area (Å²) in [5.41, 5.74) is 7.43. The van der Waals surface area contributed by atoms with E-state index in [-0.39, 0.29) is 6.04 Å². The Morgan fingerprint density at radius 3 is 2.44 bits per heavy atom. The number of hydrogen-bond acceptors (Lipinski definition) is 4. The van der Waals surface area contributed by atoms with E-state index in [2.05, 4.69) is 0 Å². The zero-order chi connectivity index (χ0) is 13.0. The van der Waals surface area contributed by atoms with Crippen molar-refractivity contribution >= 4 is 0 Å². The lowest BCUT2D eigenvalue weighted by Gasteiger charge is -2.28. The van der Waals surface area contributed by atoms with Gasteiger partial charge >= 0.3 is 0 Å². The molecule has 0 amide bonds. The van der Waals surface area contributed by atoms with Crippen molar-refractivity contribution in [3.8, 4) is 11.5 Å². The van der Waals surface area contributed by atoms with Crippen LogP contribution in [0, 0.1) is 5.92 Å². The van der Waals surface area contributed by atoms with Gasteiger partial charge in [-0.25, -0.2) is 0 Å². The molecule has 0 bridgehead atoms. The van der Waals surface area contributed by atoms with Gasteiger partial charge in [-0.2, -0.15) is 0 Å². The number of methoxy groups -OCH3 is 2. The van der Waals surface area contributed by atoms with E-state index >= 15 is 0 Å². The molecule has 0 spiro atoms. The maximum atomic E-state index is 6.33. The van der Waals surface area contributed by atoms with Crippen LogP contribution in [0.2, 0.25) is 0 Å². The summed E-state index contributed by atoms with van der Waals surface area (Å²) in [7, 11) is 3.28. The van der Waals surface area contributed by atoms with Gasteiger partial charge in [-0.3, -0.25) is 0 Å². The van der Waals surface area contributed by atoms with Crippen molar-refractivity contribution in [3.63, 3.8) is 0 Å². The van der Waals surface area contributed by atoms with Crippen molar-refractivity contribution in [1.29, 1.82) is 0 Å². The molecule has 4 heteroatoms. The van der Waals surface area contributed by atoms with Gasteiger partial charge in [0, 0.05) is 19.3 Å². The highest BCUT2D eigenvalue weighted by Crippen LogP contribution is 2.33. The molecule has 1 saturated heterocycles. The molecule has 1 aliphatic rings. The number of ether oxygens (including phenoxy) is 3. The van der Waals surface area contributed by atoms with Crippen LogP contribution < -0.4 is 15.2 Å². The predicted octanol–water partition coefficient (Wildman–Crippen LogP) is 2.13. The van der Waals surface area contributed by atoms with Gasteiger partial charge in [0.1, 0.15) is 0 Å². The summed E-state index contributed by atoms with van der Waals surface area (Å²) >= 11 is 0. The Kier molecular flexibility index (Phi) is 4.44. The van der Waals surface area contributed by atoms with E-state index in [1.54, 1.807) is 14.2 Å². The van der Waals surface area contributed by atoms with Gasteiger partial charge in [-0.1, -0.05) is 6.07 Å². The maximum Gasteiger partial charge on any atom is 0.161 e. The summed E-state index contributed by atoms with van der Waals surface area (Å²) in [5.74, 6) is 1.95. The highest BCUT2D eigenvalue weighted by molar-refractivity contribution is 5.43. The minimum atomic E-state index is 0.0358. The molecule has 18 heavy (non-hydrogen) atoms. The third-order valence-corrected chi connectivity index (χ3v) is 3.57. The fraction of sp³-hybridized carbons (Fsp3) is 0.571. The molecule has 2 rings (SSSR count). The molecule has 1 atom stereocenters. The van der Waals surface area contributed by atoms with Crippen molar-refractivity contribution in [2.24, 2.45) is 11.7 Å². The Morgan fingerprint density at radius 1 is 1.17 bits per heavy atom. The third kappa shape index (κ3) is 2.76. The average Bonchev–Trinajstić information content (AvgIpc) is 2.46. The van der Waals surface area contributed by atoms with Gasteiger partial charge in [0.25, 0.3) is 0 Å². The number of benzene rings is 1. The Morgan fingerprint density at radius 2 is 1.83 bits per heavy atom. The third-order valence-electron chi connectivity index (χ3n) is 3.57. The Balaban J connectivity index is 2.16. The minimum absolute atomic E-state index is 0.0358. The first-order valence-corrected chi connectivity index (χ1v) is 6.31. The molecule has 2 N–H and O–H groups in total. The zero-order valence-electron chi connectivity index (χ0n) is 11.0. The van der Waals surface area contributed by atoms with Crippen LogP contribution >= 0.6 is 0 Å². The van der Waals surface area contributed by atoms with E-state index in [1.165, 1.54) is 0 Å². The first-order chi connectivity index (χ1) is 8.76. The maximum absolute atomic E-state index is 6.33. The molecule has 0 aliphatic carbocycles. The lowest BCUT2D eigenvalue weighted by atomic mass is 9.88. The molecule has 100 valence electrons. The molecule has 4 nitrogen and oxygen atoms in total. The van der Waals surface area contributed by atoms with Crippen molar-refractivity contribution in [2.75, 3.05) is 27.4 Å². The van der Waals surface area contributed by atoms with E-state index in [0.29, 0.717) is 5.92 Å². The van der Waals surface area contributed by atoms with Crippen LogP contribution in [0.5, 0.6) is 11.5 Å². The molecule has 1 aromatic carbocycles.